The van der Waals surface area contributed by atoms with E-state index in [0.717, 1.165) is 6.42 Å². The van der Waals surface area contributed by atoms with Crippen LogP contribution in [0.2, 0.25) is 0 Å². The Bertz CT molecular complexity index is 717. The van der Waals surface area contributed by atoms with Crippen LogP contribution in [0.1, 0.15) is 24.8 Å². The fraction of sp³-hybridized carbons (Fsp3) is 0.500. The zero-order valence-electron chi connectivity index (χ0n) is 12.8. The molecule has 0 spiro atoms. The Kier molecular flexibility index (Phi) is 5.32. The van der Waals surface area contributed by atoms with Gasteiger partial charge < -0.3 is 4.90 Å². The number of benzene rings is 1. The molecule has 0 unspecified atom stereocenters. The number of amides is 1. The molecule has 1 aromatic carbocycles. The Morgan fingerprint density at radius 1 is 1.39 bits per heavy atom. The molecule has 0 bridgehead atoms. The number of carbonyl (C=O) groups excluding carboxylic acids is 1. The molecule has 1 fully saturated rings. The summed E-state index contributed by atoms with van der Waals surface area (Å²) in [6, 6.07) is 4.14. The number of aryl methyl sites for hydroxylation is 1. The number of likely N-dealkylation sites (tertiary alicyclic amines) is 1. The fourth-order valence-corrected chi connectivity index (χ4v) is 4.09. The first-order chi connectivity index (χ1) is 10.8. The van der Waals surface area contributed by atoms with Gasteiger partial charge in [0.1, 0.15) is 0 Å². The molecule has 2 rings (SSSR count). The largest absolute Gasteiger partial charge is 0.343 e. The van der Waals surface area contributed by atoms with Gasteiger partial charge >= 0.3 is 0 Å². The molecule has 0 aromatic heterocycles. The van der Waals surface area contributed by atoms with Gasteiger partial charge in [0.25, 0.3) is 5.69 Å². The molecule has 9 heteroatoms. The van der Waals surface area contributed by atoms with Crippen LogP contribution in [0.15, 0.2) is 23.1 Å². The van der Waals surface area contributed by atoms with Crippen LogP contribution >= 0.6 is 0 Å². The molecule has 1 N–H and O–H groups in total. The first-order valence-corrected chi connectivity index (χ1v) is 8.82. The van der Waals surface area contributed by atoms with Gasteiger partial charge in [-0.05, 0) is 25.3 Å². The van der Waals surface area contributed by atoms with E-state index in [1.54, 1.807) is 4.90 Å². The van der Waals surface area contributed by atoms with E-state index >= 15 is 0 Å². The SMILES string of the molecule is Cc1cccc([N+](=O)[O-])c1S(=O)(=O)NCCCN1CCCC1=O. The Labute approximate surface area is 134 Å². The highest BCUT2D eigenvalue weighted by molar-refractivity contribution is 7.89. The lowest BCUT2D eigenvalue weighted by molar-refractivity contribution is -0.387. The van der Waals surface area contributed by atoms with Crippen molar-refractivity contribution < 1.29 is 18.1 Å². The maximum atomic E-state index is 12.3. The first kappa shape index (κ1) is 17.4. The molecule has 1 saturated heterocycles. The van der Waals surface area contributed by atoms with Gasteiger partial charge in [0, 0.05) is 32.1 Å². The smallest absolute Gasteiger partial charge is 0.289 e. The van der Waals surface area contributed by atoms with Crippen LogP contribution in [0, 0.1) is 17.0 Å². The van der Waals surface area contributed by atoms with Crippen LogP contribution in [0.5, 0.6) is 0 Å². The minimum atomic E-state index is -3.97. The number of nitrogens with one attached hydrogen (secondary N) is 1. The van der Waals surface area contributed by atoms with E-state index in [1.165, 1.54) is 25.1 Å². The van der Waals surface area contributed by atoms with Gasteiger partial charge in [0.05, 0.1) is 4.92 Å². The van der Waals surface area contributed by atoms with Gasteiger partial charge in [-0.1, -0.05) is 12.1 Å². The minimum Gasteiger partial charge on any atom is -0.343 e. The molecule has 0 radical (unpaired) electrons. The van der Waals surface area contributed by atoms with E-state index in [0.29, 0.717) is 31.5 Å². The predicted octanol–water partition coefficient (Wildman–Crippen LogP) is 1.19. The van der Waals surface area contributed by atoms with E-state index < -0.39 is 20.6 Å². The highest BCUT2D eigenvalue weighted by Crippen LogP contribution is 2.26. The summed E-state index contributed by atoms with van der Waals surface area (Å²) in [4.78, 5) is 23.2. The second kappa shape index (κ2) is 7.05. The van der Waals surface area contributed by atoms with Crippen molar-refractivity contribution in [2.24, 2.45) is 0 Å². The van der Waals surface area contributed by atoms with E-state index in [-0.39, 0.29) is 17.3 Å². The molecule has 8 nitrogen and oxygen atoms in total. The van der Waals surface area contributed by atoms with Gasteiger partial charge in [0.2, 0.25) is 15.9 Å². The molecule has 1 heterocycles. The average Bonchev–Trinajstić information content (AvgIpc) is 2.88. The lowest BCUT2D eigenvalue weighted by atomic mass is 10.2. The van der Waals surface area contributed by atoms with Gasteiger partial charge in [-0.25, -0.2) is 13.1 Å². The first-order valence-electron chi connectivity index (χ1n) is 7.34. The highest BCUT2D eigenvalue weighted by Gasteiger charge is 2.27. The van der Waals surface area contributed by atoms with Crippen molar-refractivity contribution in [3.05, 3.63) is 33.9 Å². The molecule has 0 saturated carbocycles. The van der Waals surface area contributed by atoms with E-state index in [4.69, 9.17) is 0 Å². The third kappa shape index (κ3) is 4.05. The van der Waals surface area contributed by atoms with Crippen LogP contribution < -0.4 is 4.72 Å². The fourth-order valence-electron chi connectivity index (χ4n) is 2.62. The van der Waals surface area contributed by atoms with Crippen LogP contribution in [0.4, 0.5) is 5.69 Å². The van der Waals surface area contributed by atoms with E-state index in [9.17, 15) is 23.3 Å². The second-order valence-electron chi connectivity index (χ2n) is 5.42. The zero-order chi connectivity index (χ0) is 17.0. The average molecular weight is 341 g/mol. The van der Waals surface area contributed by atoms with Gasteiger partial charge in [-0.3, -0.25) is 14.9 Å². The number of nitrogens with zero attached hydrogens (tertiary/aromatic N) is 2. The number of hydrogen-bond acceptors (Lipinski definition) is 5. The van der Waals surface area contributed by atoms with E-state index in [1.807, 2.05) is 0 Å². The van der Waals surface area contributed by atoms with Gasteiger partial charge in [0.15, 0.2) is 4.90 Å². The van der Waals surface area contributed by atoms with Crippen molar-refractivity contribution in [1.82, 2.24) is 9.62 Å². The van der Waals surface area contributed by atoms with Crippen molar-refractivity contribution in [2.45, 2.75) is 31.1 Å². The van der Waals surface area contributed by atoms with Crippen molar-refractivity contribution >= 4 is 21.6 Å². The topological polar surface area (TPSA) is 110 Å². The molecular formula is C14H19N3O5S. The maximum Gasteiger partial charge on any atom is 0.289 e. The summed E-state index contributed by atoms with van der Waals surface area (Å²) in [6.45, 7) is 2.83. The highest BCUT2D eigenvalue weighted by atomic mass is 32.2. The number of carbonyl (C=O) groups is 1. The normalized spacial score (nSPS) is 15.2. The number of rotatable bonds is 7. The summed E-state index contributed by atoms with van der Waals surface area (Å²) < 4.78 is 27.1. The number of nitro benzene ring substituents is 1. The van der Waals surface area contributed by atoms with Crippen LogP contribution in [-0.4, -0.2) is 43.8 Å². The van der Waals surface area contributed by atoms with Crippen molar-refractivity contribution in [3.63, 3.8) is 0 Å². The van der Waals surface area contributed by atoms with Crippen molar-refractivity contribution in [1.29, 1.82) is 0 Å². The molecular weight excluding hydrogens is 322 g/mol. The van der Waals surface area contributed by atoms with Crippen LogP contribution in [-0.2, 0) is 14.8 Å². The summed E-state index contributed by atoms with van der Waals surface area (Å²) in [7, 11) is -3.97. The predicted molar refractivity (Wildman–Crippen MR) is 83.5 cm³/mol. The zero-order valence-corrected chi connectivity index (χ0v) is 13.6. The Morgan fingerprint density at radius 2 is 2.13 bits per heavy atom. The molecule has 1 aliphatic heterocycles. The summed E-state index contributed by atoms with van der Waals surface area (Å²) >= 11 is 0. The molecule has 0 aliphatic carbocycles. The summed E-state index contributed by atoms with van der Waals surface area (Å²) in [5.74, 6) is 0.0856. The summed E-state index contributed by atoms with van der Waals surface area (Å²) in [5.41, 5.74) is -0.117. The Hall–Kier alpha value is -2.00. The summed E-state index contributed by atoms with van der Waals surface area (Å²) in [5, 5.41) is 11.0. The molecule has 23 heavy (non-hydrogen) atoms. The summed E-state index contributed by atoms with van der Waals surface area (Å²) in [6.07, 6.45) is 1.84. The number of nitro groups is 1. The van der Waals surface area contributed by atoms with Crippen molar-refractivity contribution in [2.75, 3.05) is 19.6 Å². The molecule has 0 atom stereocenters. The van der Waals surface area contributed by atoms with Crippen LogP contribution in [0.25, 0.3) is 0 Å². The number of sulfonamides is 1. The maximum absolute atomic E-state index is 12.3. The van der Waals surface area contributed by atoms with Crippen molar-refractivity contribution in [3.8, 4) is 0 Å². The minimum absolute atomic E-state index is 0.0856. The van der Waals surface area contributed by atoms with Crippen LogP contribution in [0.3, 0.4) is 0 Å². The standard InChI is InChI=1S/C14H19N3O5S/c1-11-5-2-6-12(17(19)20)14(11)23(21,22)15-8-4-10-16-9-3-7-13(16)18/h2,5-6,15H,3-4,7-10H2,1H3. The Morgan fingerprint density at radius 3 is 2.74 bits per heavy atom. The van der Waals surface area contributed by atoms with E-state index in [2.05, 4.69) is 4.72 Å². The third-order valence-corrected chi connectivity index (χ3v) is 5.38. The lowest BCUT2D eigenvalue weighted by Gasteiger charge is -2.15. The number of hydrogen-bond donors (Lipinski definition) is 1. The molecule has 126 valence electrons. The lowest BCUT2D eigenvalue weighted by Crippen LogP contribution is -2.31. The molecule has 1 amide bonds. The van der Waals surface area contributed by atoms with Gasteiger partial charge in [-0.15, -0.1) is 0 Å². The second-order valence-corrected chi connectivity index (χ2v) is 7.12. The van der Waals surface area contributed by atoms with Gasteiger partial charge in [-0.2, -0.15) is 0 Å². The molecule has 1 aliphatic rings. The third-order valence-electron chi connectivity index (χ3n) is 3.72. The quantitative estimate of drug-likeness (QED) is 0.455. The monoisotopic (exact) mass is 341 g/mol. The molecule has 1 aromatic rings. The Balaban J connectivity index is 2.02.